The molecule has 0 aromatic rings. The van der Waals surface area contributed by atoms with Crippen molar-refractivity contribution in [1.82, 2.24) is 5.32 Å². The van der Waals surface area contributed by atoms with E-state index in [0.717, 1.165) is 0 Å². The van der Waals surface area contributed by atoms with Gasteiger partial charge in [0.25, 0.3) is 0 Å². The minimum absolute atomic E-state index is 0.370. The van der Waals surface area contributed by atoms with Crippen LogP contribution in [0.25, 0.3) is 0 Å². The number of hydrogen-bond donors (Lipinski definition) is 2. The molecule has 0 rings (SSSR count). The van der Waals surface area contributed by atoms with Gasteiger partial charge in [-0.2, -0.15) is 0 Å². The van der Waals surface area contributed by atoms with Gasteiger partial charge in [0, 0.05) is 13.7 Å². The van der Waals surface area contributed by atoms with Crippen molar-refractivity contribution in [2.75, 3.05) is 27.3 Å². The fourth-order valence-corrected chi connectivity index (χ4v) is 0.487. The Kier molecular flexibility index (Phi) is 4.95. The van der Waals surface area contributed by atoms with Crippen LogP contribution in [-0.2, 0) is 4.74 Å². The van der Waals surface area contributed by atoms with Gasteiger partial charge in [0.2, 0.25) is 0 Å². The molecule has 0 amide bonds. The Morgan fingerprint density at radius 1 is 1.75 bits per heavy atom. The van der Waals surface area contributed by atoms with Crippen LogP contribution in [0.4, 0.5) is 0 Å². The standard InChI is InChI=1S/C5H13NO2/c1-6-3-5(7)4-8-2/h5-7H,3-4H2,1-2H3/t5-/m1/s1. The van der Waals surface area contributed by atoms with Gasteiger partial charge in [-0.1, -0.05) is 0 Å². The maximum Gasteiger partial charge on any atom is 0.0897 e. The molecule has 0 aliphatic rings. The number of methoxy groups -OCH3 is 1. The maximum absolute atomic E-state index is 8.86. The number of nitrogens with one attached hydrogen (secondary N) is 1. The Morgan fingerprint density at radius 3 is 2.75 bits per heavy atom. The van der Waals surface area contributed by atoms with Crippen LogP contribution in [0.3, 0.4) is 0 Å². The molecule has 0 aromatic carbocycles. The van der Waals surface area contributed by atoms with Crippen LogP contribution in [-0.4, -0.2) is 38.5 Å². The average molecular weight is 119 g/mol. The van der Waals surface area contributed by atoms with Crippen molar-refractivity contribution in [2.45, 2.75) is 6.10 Å². The minimum atomic E-state index is -0.370. The third kappa shape index (κ3) is 4.05. The first kappa shape index (κ1) is 7.88. The lowest BCUT2D eigenvalue weighted by molar-refractivity contribution is 0.0658. The molecule has 3 heteroatoms. The van der Waals surface area contributed by atoms with Gasteiger partial charge < -0.3 is 15.2 Å². The van der Waals surface area contributed by atoms with E-state index in [1.807, 2.05) is 0 Å². The van der Waals surface area contributed by atoms with Gasteiger partial charge in [0.05, 0.1) is 12.7 Å². The van der Waals surface area contributed by atoms with E-state index < -0.39 is 0 Å². The highest BCUT2D eigenvalue weighted by atomic mass is 16.5. The predicted octanol–water partition coefficient (Wildman–Crippen LogP) is -0.787. The SMILES string of the molecule is CNC[C@@H](O)COC. The lowest BCUT2D eigenvalue weighted by Crippen LogP contribution is -2.27. The van der Waals surface area contributed by atoms with Gasteiger partial charge in [-0.3, -0.25) is 0 Å². The Bertz CT molecular complexity index is 43.7. The minimum Gasteiger partial charge on any atom is -0.389 e. The number of likely N-dealkylation sites (N-methyl/N-ethyl adjacent to an activating group) is 1. The number of ether oxygens (including phenoxy) is 1. The average Bonchev–Trinajstić information content (AvgIpc) is 1.68. The number of rotatable bonds is 4. The molecule has 0 unspecified atom stereocenters. The van der Waals surface area contributed by atoms with E-state index in [1.54, 1.807) is 14.2 Å². The molecule has 0 spiro atoms. The third-order valence-electron chi connectivity index (χ3n) is 0.799. The van der Waals surface area contributed by atoms with Crippen LogP contribution in [0, 0.1) is 0 Å². The van der Waals surface area contributed by atoms with E-state index in [2.05, 4.69) is 10.1 Å². The summed E-state index contributed by atoms with van der Waals surface area (Å²) in [7, 11) is 3.36. The van der Waals surface area contributed by atoms with Crippen LogP contribution in [0.5, 0.6) is 0 Å². The van der Waals surface area contributed by atoms with Crippen molar-refractivity contribution in [3.63, 3.8) is 0 Å². The van der Waals surface area contributed by atoms with E-state index in [1.165, 1.54) is 0 Å². The van der Waals surface area contributed by atoms with Crippen molar-refractivity contribution in [1.29, 1.82) is 0 Å². The molecule has 0 radical (unpaired) electrons. The lowest BCUT2D eigenvalue weighted by Gasteiger charge is -2.06. The Labute approximate surface area is 49.7 Å². The van der Waals surface area contributed by atoms with Crippen LogP contribution < -0.4 is 5.32 Å². The largest absolute Gasteiger partial charge is 0.389 e. The molecule has 0 fully saturated rings. The first-order chi connectivity index (χ1) is 3.81. The third-order valence-corrected chi connectivity index (χ3v) is 0.799. The topological polar surface area (TPSA) is 41.5 Å². The first-order valence-electron chi connectivity index (χ1n) is 2.63. The van der Waals surface area contributed by atoms with E-state index in [9.17, 15) is 0 Å². The van der Waals surface area contributed by atoms with E-state index >= 15 is 0 Å². The second-order valence-corrected chi connectivity index (χ2v) is 1.67. The van der Waals surface area contributed by atoms with E-state index in [0.29, 0.717) is 13.2 Å². The molecule has 0 heterocycles. The zero-order valence-electron chi connectivity index (χ0n) is 5.35. The molecule has 1 atom stereocenters. The van der Waals surface area contributed by atoms with Crippen LogP contribution in [0.2, 0.25) is 0 Å². The smallest absolute Gasteiger partial charge is 0.0897 e. The Balaban J connectivity index is 2.92. The molecular weight excluding hydrogens is 106 g/mol. The molecule has 0 saturated heterocycles. The van der Waals surface area contributed by atoms with Crippen molar-refractivity contribution >= 4 is 0 Å². The van der Waals surface area contributed by atoms with Crippen LogP contribution in [0.1, 0.15) is 0 Å². The lowest BCUT2D eigenvalue weighted by atomic mass is 10.4. The van der Waals surface area contributed by atoms with Gasteiger partial charge in [-0.25, -0.2) is 0 Å². The molecule has 0 bridgehead atoms. The quantitative estimate of drug-likeness (QED) is 0.509. The fourth-order valence-electron chi connectivity index (χ4n) is 0.487. The van der Waals surface area contributed by atoms with E-state index in [4.69, 9.17) is 5.11 Å². The summed E-state index contributed by atoms with van der Waals surface area (Å²) >= 11 is 0. The maximum atomic E-state index is 8.86. The summed E-state index contributed by atoms with van der Waals surface area (Å²) in [6.07, 6.45) is -0.370. The zero-order chi connectivity index (χ0) is 6.41. The van der Waals surface area contributed by atoms with Gasteiger partial charge >= 0.3 is 0 Å². The predicted molar refractivity (Wildman–Crippen MR) is 31.8 cm³/mol. The molecule has 0 aliphatic carbocycles. The second-order valence-electron chi connectivity index (χ2n) is 1.67. The summed E-state index contributed by atoms with van der Waals surface area (Å²) in [5.74, 6) is 0. The normalized spacial score (nSPS) is 13.9. The Morgan fingerprint density at radius 2 is 2.38 bits per heavy atom. The van der Waals surface area contributed by atoms with Gasteiger partial charge in [0.15, 0.2) is 0 Å². The summed E-state index contributed by atoms with van der Waals surface area (Å²) in [5, 5.41) is 11.7. The van der Waals surface area contributed by atoms with Crippen LogP contribution >= 0.6 is 0 Å². The van der Waals surface area contributed by atoms with Gasteiger partial charge in [-0.05, 0) is 7.05 Å². The summed E-state index contributed by atoms with van der Waals surface area (Å²) in [6.45, 7) is 0.995. The highest BCUT2D eigenvalue weighted by Gasteiger charge is 1.98. The zero-order valence-corrected chi connectivity index (χ0v) is 5.35. The highest BCUT2D eigenvalue weighted by Crippen LogP contribution is 1.78. The fraction of sp³-hybridized carbons (Fsp3) is 1.00. The molecule has 3 nitrogen and oxygen atoms in total. The highest BCUT2D eigenvalue weighted by molar-refractivity contribution is 4.53. The summed E-state index contributed by atoms with van der Waals surface area (Å²) in [5.41, 5.74) is 0. The number of aliphatic hydroxyl groups is 1. The summed E-state index contributed by atoms with van der Waals surface area (Å²) in [4.78, 5) is 0. The van der Waals surface area contributed by atoms with Crippen LogP contribution in [0.15, 0.2) is 0 Å². The molecule has 8 heavy (non-hydrogen) atoms. The molecular formula is C5H13NO2. The van der Waals surface area contributed by atoms with Crippen molar-refractivity contribution in [2.24, 2.45) is 0 Å². The van der Waals surface area contributed by atoms with Crippen molar-refractivity contribution in [3.05, 3.63) is 0 Å². The van der Waals surface area contributed by atoms with Crippen molar-refractivity contribution in [3.8, 4) is 0 Å². The first-order valence-corrected chi connectivity index (χ1v) is 2.63. The summed E-state index contributed by atoms with van der Waals surface area (Å²) < 4.78 is 4.67. The van der Waals surface area contributed by atoms with E-state index in [-0.39, 0.29) is 6.10 Å². The molecule has 50 valence electrons. The van der Waals surface area contributed by atoms with Gasteiger partial charge in [0.1, 0.15) is 0 Å². The molecule has 2 N–H and O–H groups in total. The second kappa shape index (κ2) is 5.03. The molecule has 0 aromatic heterocycles. The van der Waals surface area contributed by atoms with Gasteiger partial charge in [-0.15, -0.1) is 0 Å². The monoisotopic (exact) mass is 119 g/mol. The molecule has 0 aliphatic heterocycles. The molecule has 0 saturated carbocycles. The summed E-state index contributed by atoms with van der Waals surface area (Å²) in [6, 6.07) is 0. The number of aliphatic hydroxyl groups excluding tert-OH is 1. The Hall–Kier alpha value is -0.120. The number of hydrogen-bond acceptors (Lipinski definition) is 3. The van der Waals surface area contributed by atoms with Crippen molar-refractivity contribution < 1.29 is 9.84 Å².